The van der Waals surface area contributed by atoms with Crippen LogP contribution in [0, 0.1) is 0 Å². The van der Waals surface area contributed by atoms with Gasteiger partial charge in [0.05, 0.1) is 12.2 Å². The second-order valence-corrected chi connectivity index (χ2v) is 6.37. The Balaban J connectivity index is 1.44. The molecule has 0 unspecified atom stereocenters. The molecular formula is C22H19N3O4. The number of fused-ring (bicyclic) bond motifs is 1. The average molecular weight is 389 g/mol. The summed E-state index contributed by atoms with van der Waals surface area (Å²) in [5, 5.41) is 2.82. The lowest BCUT2D eigenvalue weighted by Gasteiger charge is -2.29. The number of para-hydroxylation sites is 1. The maximum Gasteiger partial charge on any atom is 0.265 e. The lowest BCUT2D eigenvalue weighted by molar-refractivity contribution is -0.121. The number of ether oxygens (including phenoxy) is 2. The molecule has 2 aromatic carbocycles. The molecule has 4 rings (SSSR count). The first kappa shape index (κ1) is 18.5. The Morgan fingerprint density at radius 1 is 1.10 bits per heavy atom. The van der Waals surface area contributed by atoms with Crippen molar-refractivity contribution >= 4 is 23.2 Å². The van der Waals surface area contributed by atoms with Gasteiger partial charge in [0.1, 0.15) is 18.1 Å². The molecule has 0 aliphatic carbocycles. The van der Waals surface area contributed by atoms with Gasteiger partial charge in [-0.05, 0) is 36.4 Å². The van der Waals surface area contributed by atoms with E-state index in [-0.39, 0.29) is 18.4 Å². The van der Waals surface area contributed by atoms with Gasteiger partial charge in [0.2, 0.25) is 0 Å². The molecule has 3 aromatic rings. The largest absolute Gasteiger partial charge is 0.492 e. The summed E-state index contributed by atoms with van der Waals surface area (Å²) in [5.41, 5.74) is 1.74. The molecule has 1 aliphatic rings. The first-order valence-electron chi connectivity index (χ1n) is 9.17. The fraction of sp³-hybridized carbons (Fsp3) is 0.136. The van der Waals surface area contributed by atoms with Crippen molar-refractivity contribution in [2.45, 2.75) is 0 Å². The molecule has 7 nitrogen and oxygen atoms in total. The summed E-state index contributed by atoms with van der Waals surface area (Å²) < 4.78 is 11.3. The molecule has 0 saturated heterocycles. The molecule has 2 heterocycles. The van der Waals surface area contributed by atoms with E-state index in [0.29, 0.717) is 35.8 Å². The fourth-order valence-electron chi connectivity index (χ4n) is 3.01. The van der Waals surface area contributed by atoms with Gasteiger partial charge >= 0.3 is 0 Å². The number of nitrogens with zero attached hydrogens (tertiary/aromatic N) is 2. The Bertz CT molecular complexity index is 1010. The summed E-state index contributed by atoms with van der Waals surface area (Å²) in [6.07, 6.45) is 3.12. The molecule has 1 aromatic heterocycles. The number of nitrogens with one attached hydrogen (secondary N) is 1. The van der Waals surface area contributed by atoms with Crippen LogP contribution in [0.4, 0.5) is 11.4 Å². The summed E-state index contributed by atoms with van der Waals surface area (Å²) in [4.78, 5) is 30.2. The van der Waals surface area contributed by atoms with Crippen LogP contribution in [-0.2, 0) is 4.79 Å². The van der Waals surface area contributed by atoms with E-state index < -0.39 is 0 Å². The third-order valence-corrected chi connectivity index (χ3v) is 4.43. The van der Waals surface area contributed by atoms with Gasteiger partial charge in [0.15, 0.2) is 6.61 Å². The molecule has 7 heteroatoms. The topological polar surface area (TPSA) is 80.8 Å². The number of hydrogen-bond acceptors (Lipinski definition) is 5. The molecule has 0 fully saturated rings. The van der Waals surface area contributed by atoms with Crippen LogP contribution in [-0.4, -0.2) is 36.6 Å². The monoisotopic (exact) mass is 389 g/mol. The fourth-order valence-corrected chi connectivity index (χ4v) is 3.01. The van der Waals surface area contributed by atoms with Crippen molar-refractivity contribution in [1.29, 1.82) is 0 Å². The van der Waals surface area contributed by atoms with Crippen LogP contribution in [0.3, 0.4) is 0 Å². The minimum atomic E-state index is -0.243. The first-order chi connectivity index (χ1) is 14.2. The smallest absolute Gasteiger partial charge is 0.265 e. The van der Waals surface area contributed by atoms with Gasteiger partial charge in [-0.15, -0.1) is 0 Å². The third-order valence-electron chi connectivity index (χ3n) is 4.43. The van der Waals surface area contributed by atoms with Crippen LogP contribution in [0.1, 0.15) is 10.4 Å². The van der Waals surface area contributed by atoms with Gasteiger partial charge in [0, 0.05) is 29.7 Å². The Morgan fingerprint density at radius 2 is 1.90 bits per heavy atom. The molecule has 146 valence electrons. The normalized spacial score (nSPS) is 12.7. The SMILES string of the molecule is O=C(Nc1ccc2c(c1)OCC(=O)N2CCOc1ccccc1)c1ccncc1. The van der Waals surface area contributed by atoms with Gasteiger partial charge < -0.3 is 19.7 Å². The van der Waals surface area contributed by atoms with Gasteiger partial charge in [-0.2, -0.15) is 0 Å². The standard InChI is InChI=1S/C22H19N3O4/c26-21-15-29-20-14-17(24-22(27)16-8-10-23-11-9-16)6-7-19(20)25(21)12-13-28-18-4-2-1-3-5-18/h1-11,14H,12-13,15H2,(H,24,27). The molecule has 29 heavy (non-hydrogen) atoms. The zero-order valence-corrected chi connectivity index (χ0v) is 15.6. The summed E-state index contributed by atoms with van der Waals surface area (Å²) in [6, 6.07) is 17.9. The second kappa shape index (κ2) is 8.43. The minimum absolute atomic E-state index is 0.0555. The quantitative estimate of drug-likeness (QED) is 0.701. The number of amides is 2. The molecule has 0 spiro atoms. The zero-order valence-electron chi connectivity index (χ0n) is 15.6. The van der Waals surface area contributed by atoms with Crippen molar-refractivity contribution in [2.75, 3.05) is 30.0 Å². The number of benzene rings is 2. The lowest BCUT2D eigenvalue weighted by Crippen LogP contribution is -2.41. The van der Waals surface area contributed by atoms with Gasteiger partial charge in [-0.25, -0.2) is 0 Å². The van der Waals surface area contributed by atoms with E-state index in [1.54, 1.807) is 47.6 Å². The summed E-state index contributed by atoms with van der Waals surface area (Å²) >= 11 is 0. The highest BCUT2D eigenvalue weighted by molar-refractivity contribution is 6.05. The Kier molecular flexibility index (Phi) is 5.38. The molecular weight excluding hydrogens is 370 g/mol. The van der Waals surface area contributed by atoms with Crippen molar-refractivity contribution in [3.63, 3.8) is 0 Å². The molecule has 2 amide bonds. The van der Waals surface area contributed by atoms with E-state index in [2.05, 4.69) is 10.3 Å². The molecule has 0 radical (unpaired) electrons. The average Bonchev–Trinajstić information content (AvgIpc) is 2.76. The van der Waals surface area contributed by atoms with Crippen LogP contribution in [0.2, 0.25) is 0 Å². The van der Waals surface area contributed by atoms with E-state index >= 15 is 0 Å². The van der Waals surface area contributed by atoms with Crippen LogP contribution in [0.25, 0.3) is 0 Å². The summed E-state index contributed by atoms with van der Waals surface area (Å²) in [7, 11) is 0. The van der Waals surface area contributed by atoms with Crippen LogP contribution < -0.4 is 19.7 Å². The molecule has 0 saturated carbocycles. The van der Waals surface area contributed by atoms with Crippen LogP contribution in [0.15, 0.2) is 73.1 Å². The Morgan fingerprint density at radius 3 is 2.69 bits per heavy atom. The summed E-state index contributed by atoms with van der Waals surface area (Å²) in [6.45, 7) is 0.697. The van der Waals surface area contributed by atoms with Crippen molar-refractivity contribution in [2.24, 2.45) is 0 Å². The van der Waals surface area contributed by atoms with E-state index in [4.69, 9.17) is 9.47 Å². The molecule has 1 N–H and O–H groups in total. The number of hydrogen-bond donors (Lipinski definition) is 1. The Labute approximate surface area is 167 Å². The first-order valence-corrected chi connectivity index (χ1v) is 9.17. The predicted molar refractivity (Wildman–Crippen MR) is 108 cm³/mol. The Hall–Kier alpha value is -3.87. The molecule has 0 atom stereocenters. The number of aromatic nitrogens is 1. The highest BCUT2D eigenvalue weighted by Crippen LogP contribution is 2.34. The number of rotatable bonds is 6. The van der Waals surface area contributed by atoms with Crippen molar-refractivity contribution in [3.8, 4) is 11.5 Å². The second-order valence-electron chi connectivity index (χ2n) is 6.37. The van der Waals surface area contributed by atoms with Crippen molar-refractivity contribution in [3.05, 3.63) is 78.6 Å². The van der Waals surface area contributed by atoms with Gasteiger partial charge in [-0.1, -0.05) is 18.2 Å². The van der Waals surface area contributed by atoms with Crippen molar-refractivity contribution < 1.29 is 19.1 Å². The van der Waals surface area contributed by atoms with E-state index in [1.807, 2.05) is 30.3 Å². The van der Waals surface area contributed by atoms with E-state index in [1.165, 1.54) is 0 Å². The number of carbonyl (C=O) groups is 2. The number of pyridine rings is 1. The van der Waals surface area contributed by atoms with Crippen LogP contribution >= 0.6 is 0 Å². The lowest BCUT2D eigenvalue weighted by atomic mass is 10.2. The van der Waals surface area contributed by atoms with Crippen LogP contribution in [0.5, 0.6) is 11.5 Å². The zero-order chi connectivity index (χ0) is 20.1. The maximum absolute atomic E-state index is 12.3. The minimum Gasteiger partial charge on any atom is -0.492 e. The van der Waals surface area contributed by atoms with E-state index in [9.17, 15) is 9.59 Å². The van der Waals surface area contributed by atoms with Crippen molar-refractivity contribution in [1.82, 2.24) is 4.98 Å². The van der Waals surface area contributed by atoms with Gasteiger partial charge in [-0.3, -0.25) is 14.6 Å². The van der Waals surface area contributed by atoms with E-state index in [0.717, 1.165) is 5.75 Å². The highest BCUT2D eigenvalue weighted by Gasteiger charge is 2.25. The number of carbonyl (C=O) groups excluding carboxylic acids is 2. The summed E-state index contributed by atoms with van der Waals surface area (Å²) in [5.74, 6) is 0.912. The number of anilines is 2. The third kappa shape index (κ3) is 4.35. The maximum atomic E-state index is 12.3. The van der Waals surface area contributed by atoms with Gasteiger partial charge in [0.25, 0.3) is 11.8 Å². The molecule has 1 aliphatic heterocycles. The highest BCUT2D eigenvalue weighted by atomic mass is 16.5. The predicted octanol–water partition coefficient (Wildman–Crippen LogP) is 3.14. The molecule has 0 bridgehead atoms.